The van der Waals surface area contributed by atoms with E-state index < -0.39 is 11.8 Å². The third kappa shape index (κ3) is 4.47. The molecule has 0 aliphatic carbocycles. The Hall–Kier alpha value is -3.15. The number of carbonyl (C=O) groups excluding carboxylic acids is 2. The summed E-state index contributed by atoms with van der Waals surface area (Å²) in [5.74, 6) is -1.29. The largest absolute Gasteiger partial charge is 0.490 e. The van der Waals surface area contributed by atoms with Crippen LogP contribution >= 0.6 is 0 Å². The minimum absolute atomic E-state index is 0.0277. The molecule has 3 rings (SSSR count). The molecule has 5 nitrogen and oxygen atoms in total. The second-order valence-electron chi connectivity index (χ2n) is 7.39. The van der Waals surface area contributed by atoms with Crippen molar-refractivity contribution in [2.75, 3.05) is 25.2 Å². The van der Waals surface area contributed by atoms with Crippen LogP contribution in [0.15, 0.2) is 60.3 Å². The number of para-hydroxylation sites is 2. The highest BCUT2D eigenvalue weighted by Crippen LogP contribution is 2.46. The first-order chi connectivity index (χ1) is 13.8. The van der Waals surface area contributed by atoms with E-state index in [0.717, 1.165) is 16.9 Å². The van der Waals surface area contributed by atoms with E-state index in [1.165, 1.54) is 18.2 Å². The summed E-state index contributed by atoms with van der Waals surface area (Å²) in [6, 6.07) is 13.9. The molecule has 0 atom stereocenters. The van der Waals surface area contributed by atoms with Gasteiger partial charge in [-0.1, -0.05) is 44.2 Å². The number of likely N-dealkylation sites (N-methyl/N-ethyl adjacent to an activating group) is 1. The molecule has 1 aliphatic rings. The fraction of sp³-hybridized carbons (Fsp3) is 0.304. The molecule has 0 spiro atoms. The molecule has 0 aromatic heterocycles. The number of anilines is 1. The number of nitrogens with zero attached hydrogens (tertiary/aromatic N) is 1. The van der Waals surface area contributed by atoms with Crippen molar-refractivity contribution in [1.82, 2.24) is 0 Å². The van der Waals surface area contributed by atoms with Gasteiger partial charge in [0.25, 0.3) is 0 Å². The van der Waals surface area contributed by atoms with Crippen molar-refractivity contribution >= 4 is 17.4 Å². The first kappa shape index (κ1) is 20.6. The van der Waals surface area contributed by atoms with Crippen LogP contribution in [0.4, 0.5) is 10.1 Å². The highest BCUT2D eigenvalue weighted by Gasteiger charge is 2.38. The Labute approximate surface area is 169 Å². The summed E-state index contributed by atoms with van der Waals surface area (Å²) in [4.78, 5) is 26.2. The van der Waals surface area contributed by atoms with Gasteiger partial charge in [-0.25, -0.2) is 4.39 Å². The topological polar surface area (TPSA) is 55.8 Å². The van der Waals surface area contributed by atoms with Crippen molar-refractivity contribution in [3.63, 3.8) is 0 Å². The van der Waals surface area contributed by atoms with Gasteiger partial charge < -0.3 is 14.4 Å². The highest BCUT2D eigenvalue weighted by molar-refractivity contribution is 5.94. The van der Waals surface area contributed by atoms with Gasteiger partial charge in [0.15, 0.2) is 24.0 Å². The van der Waals surface area contributed by atoms with Gasteiger partial charge >= 0.3 is 5.97 Å². The van der Waals surface area contributed by atoms with Gasteiger partial charge in [-0.3, -0.25) is 9.59 Å². The van der Waals surface area contributed by atoms with Crippen LogP contribution in [0.1, 0.15) is 25.8 Å². The van der Waals surface area contributed by atoms with Crippen LogP contribution in [0.25, 0.3) is 0 Å². The lowest BCUT2D eigenvalue weighted by Gasteiger charge is -2.23. The van der Waals surface area contributed by atoms with Gasteiger partial charge in [-0.05, 0) is 23.8 Å². The van der Waals surface area contributed by atoms with Gasteiger partial charge in [-0.15, -0.1) is 0 Å². The fourth-order valence-corrected chi connectivity index (χ4v) is 3.48. The van der Waals surface area contributed by atoms with Crippen LogP contribution in [0, 0.1) is 5.82 Å². The lowest BCUT2D eigenvalue weighted by atomic mass is 9.83. The van der Waals surface area contributed by atoms with Gasteiger partial charge in [-0.2, -0.15) is 0 Å². The van der Waals surface area contributed by atoms with Gasteiger partial charge in [0.1, 0.15) is 0 Å². The van der Waals surface area contributed by atoms with E-state index in [9.17, 15) is 14.0 Å². The van der Waals surface area contributed by atoms with Crippen molar-refractivity contribution in [2.24, 2.45) is 0 Å². The van der Waals surface area contributed by atoms with Gasteiger partial charge in [0.05, 0.1) is 13.0 Å². The maximum Gasteiger partial charge on any atom is 0.309 e. The molecule has 29 heavy (non-hydrogen) atoms. The quantitative estimate of drug-likeness (QED) is 0.522. The first-order valence-electron chi connectivity index (χ1n) is 9.42. The number of benzene rings is 2. The number of esters is 1. The Morgan fingerprint density at radius 1 is 1.10 bits per heavy atom. The molecule has 0 bridgehead atoms. The standard InChI is InChI=1S/C23H24FNO4/c1-23(2)17-8-4-6-10-19(17)25(3)21(23)14-16(26)15-29-22(27)12-13-28-20-11-7-5-9-18(20)24/h4-11,14H,12-13,15H2,1-3H3/b21-14+. The lowest BCUT2D eigenvalue weighted by Crippen LogP contribution is -2.25. The Morgan fingerprint density at radius 2 is 1.79 bits per heavy atom. The second kappa shape index (κ2) is 8.47. The smallest absolute Gasteiger partial charge is 0.309 e. The molecule has 0 radical (unpaired) electrons. The number of fused-ring (bicyclic) bond motifs is 1. The van der Waals surface area contributed by atoms with Gasteiger partial charge in [0.2, 0.25) is 0 Å². The number of hydrogen-bond donors (Lipinski definition) is 0. The molecule has 152 valence electrons. The summed E-state index contributed by atoms with van der Waals surface area (Å²) in [6.07, 6.45) is 1.46. The molecule has 1 aliphatic heterocycles. The summed E-state index contributed by atoms with van der Waals surface area (Å²) < 4.78 is 23.7. The fourth-order valence-electron chi connectivity index (χ4n) is 3.48. The Balaban J connectivity index is 1.52. The van der Waals surface area contributed by atoms with Crippen molar-refractivity contribution in [3.8, 4) is 5.75 Å². The zero-order chi connectivity index (χ0) is 21.0. The third-order valence-corrected chi connectivity index (χ3v) is 5.01. The number of halogens is 1. The summed E-state index contributed by atoms with van der Waals surface area (Å²) in [7, 11) is 1.92. The normalized spacial score (nSPS) is 15.9. The number of hydrogen-bond acceptors (Lipinski definition) is 5. The van der Waals surface area contributed by atoms with Crippen molar-refractivity contribution < 1.29 is 23.5 Å². The van der Waals surface area contributed by atoms with E-state index in [2.05, 4.69) is 13.8 Å². The molecular formula is C23H24FNO4. The maximum absolute atomic E-state index is 13.5. The molecule has 1 heterocycles. The molecule has 0 unspecified atom stereocenters. The predicted molar refractivity (Wildman–Crippen MR) is 108 cm³/mol. The number of ketones is 1. The molecule has 0 saturated heterocycles. The number of carbonyl (C=O) groups is 2. The molecule has 2 aromatic carbocycles. The number of rotatable bonds is 7. The molecular weight excluding hydrogens is 373 g/mol. The molecule has 0 amide bonds. The first-order valence-corrected chi connectivity index (χ1v) is 9.42. The van der Waals surface area contributed by atoms with Crippen LogP contribution in [-0.2, 0) is 19.7 Å². The van der Waals surface area contributed by atoms with Crippen molar-refractivity contribution in [3.05, 3.63) is 71.7 Å². The Kier molecular flexibility index (Phi) is 6.01. The number of allylic oxidation sites excluding steroid dienone is 1. The highest BCUT2D eigenvalue weighted by atomic mass is 19.1. The zero-order valence-electron chi connectivity index (χ0n) is 16.8. The average Bonchev–Trinajstić information content (AvgIpc) is 2.89. The van der Waals surface area contributed by atoms with Crippen molar-refractivity contribution in [2.45, 2.75) is 25.7 Å². The van der Waals surface area contributed by atoms with E-state index in [1.54, 1.807) is 12.1 Å². The second-order valence-corrected chi connectivity index (χ2v) is 7.39. The Bertz CT molecular complexity index is 951. The summed E-state index contributed by atoms with van der Waals surface area (Å²) >= 11 is 0. The Morgan fingerprint density at radius 3 is 2.52 bits per heavy atom. The minimum atomic E-state index is -0.574. The third-order valence-electron chi connectivity index (χ3n) is 5.01. The molecule has 0 N–H and O–H groups in total. The summed E-state index contributed by atoms with van der Waals surface area (Å²) in [5, 5.41) is 0. The molecule has 6 heteroatoms. The number of ether oxygens (including phenoxy) is 2. The molecule has 2 aromatic rings. The molecule has 0 fully saturated rings. The van der Waals surface area contributed by atoms with Crippen LogP contribution in [-0.4, -0.2) is 32.0 Å². The van der Waals surface area contributed by atoms with E-state index in [4.69, 9.17) is 9.47 Å². The SMILES string of the molecule is CN1/C(=C/C(=O)COC(=O)CCOc2ccccc2F)C(C)(C)c2ccccc21. The van der Waals surface area contributed by atoms with Gasteiger partial charge in [0, 0.05) is 29.9 Å². The molecule has 0 saturated carbocycles. The predicted octanol–water partition coefficient (Wildman–Crippen LogP) is 4.02. The van der Waals surface area contributed by atoms with E-state index in [-0.39, 0.29) is 36.6 Å². The summed E-state index contributed by atoms with van der Waals surface area (Å²) in [5.41, 5.74) is 2.73. The van der Waals surface area contributed by atoms with E-state index in [1.807, 2.05) is 36.2 Å². The monoisotopic (exact) mass is 397 g/mol. The zero-order valence-corrected chi connectivity index (χ0v) is 16.8. The van der Waals surface area contributed by atoms with Crippen LogP contribution in [0.3, 0.4) is 0 Å². The summed E-state index contributed by atoms with van der Waals surface area (Å²) in [6.45, 7) is 3.74. The lowest BCUT2D eigenvalue weighted by molar-refractivity contribution is -0.147. The van der Waals surface area contributed by atoms with Crippen LogP contribution in [0.5, 0.6) is 5.75 Å². The minimum Gasteiger partial charge on any atom is -0.490 e. The van der Waals surface area contributed by atoms with Crippen molar-refractivity contribution in [1.29, 1.82) is 0 Å². The van der Waals surface area contributed by atoms with Crippen LogP contribution < -0.4 is 9.64 Å². The van der Waals surface area contributed by atoms with Crippen LogP contribution in [0.2, 0.25) is 0 Å². The van der Waals surface area contributed by atoms with E-state index >= 15 is 0 Å². The van der Waals surface area contributed by atoms with E-state index in [0.29, 0.717) is 0 Å². The average molecular weight is 397 g/mol. The maximum atomic E-state index is 13.5.